The van der Waals surface area contributed by atoms with Crippen molar-refractivity contribution in [3.63, 3.8) is 0 Å². The smallest absolute Gasteiger partial charge is 0.137 e. The van der Waals surface area contributed by atoms with Crippen molar-refractivity contribution in [2.45, 2.75) is 6.54 Å². The molecule has 2 aromatic rings. The second kappa shape index (κ2) is 5.80. The Hall–Kier alpha value is -1.65. The second-order valence-electron chi connectivity index (χ2n) is 3.79. The molecule has 1 heterocycles. The third kappa shape index (κ3) is 2.78. The first-order valence-corrected chi connectivity index (χ1v) is 5.93. The zero-order valence-electron chi connectivity index (χ0n) is 10.3. The maximum absolute atomic E-state index is 6.08. The van der Waals surface area contributed by atoms with Crippen LogP contribution >= 0.6 is 11.6 Å². The predicted octanol–water partition coefficient (Wildman–Crippen LogP) is 2.53. The number of benzene rings is 1. The van der Waals surface area contributed by atoms with Crippen LogP contribution in [0, 0.1) is 0 Å². The highest BCUT2D eigenvalue weighted by molar-refractivity contribution is 6.32. The molecule has 1 aromatic carbocycles. The summed E-state index contributed by atoms with van der Waals surface area (Å²) in [5.41, 5.74) is 2.62. The molecule has 1 aromatic heterocycles. The lowest BCUT2D eigenvalue weighted by Crippen LogP contribution is -2.07. The molecule has 4 nitrogen and oxygen atoms in total. The quantitative estimate of drug-likeness (QED) is 0.921. The van der Waals surface area contributed by atoms with E-state index in [1.165, 1.54) is 0 Å². The van der Waals surface area contributed by atoms with Crippen LogP contribution in [0.3, 0.4) is 0 Å². The molecule has 0 saturated heterocycles. The van der Waals surface area contributed by atoms with Gasteiger partial charge in [-0.15, -0.1) is 0 Å². The minimum Gasteiger partial charge on any atom is -0.495 e. The number of methoxy groups -OCH3 is 1. The Balaban J connectivity index is 2.28. The monoisotopic (exact) mass is 263 g/mol. The molecule has 18 heavy (non-hydrogen) atoms. The van der Waals surface area contributed by atoms with Crippen LogP contribution in [0.5, 0.6) is 5.75 Å². The lowest BCUT2D eigenvalue weighted by molar-refractivity contribution is 0.415. The van der Waals surface area contributed by atoms with Gasteiger partial charge >= 0.3 is 0 Å². The van der Waals surface area contributed by atoms with Crippen LogP contribution in [0.2, 0.25) is 5.02 Å². The highest BCUT2D eigenvalue weighted by atomic mass is 35.5. The summed E-state index contributed by atoms with van der Waals surface area (Å²) in [6, 6.07) is 9.42. The Morgan fingerprint density at radius 1 is 1.22 bits per heavy atom. The van der Waals surface area contributed by atoms with Crippen LogP contribution in [-0.4, -0.2) is 24.4 Å². The van der Waals surface area contributed by atoms with E-state index in [-0.39, 0.29) is 0 Å². The van der Waals surface area contributed by atoms with E-state index in [9.17, 15) is 0 Å². The van der Waals surface area contributed by atoms with Crippen molar-refractivity contribution in [1.82, 2.24) is 15.5 Å². The van der Waals surface area contributed by atoms with E-state index < -0.39 is 0 Å². The van der Waals surface area contributed by atoms with E-state index in [1.54, 1.807) is 7.11 Å². The molecule has 0 spiro atoms. The van der Waals surface area contributed by atoms with Crippen molar-refractivity contribution in [3.8, 4) is 17.0 Å². The standard InChI is InChI=1S/C13H14ClN3O/c1-15-8-10-4-5-12(17-16-10)9-3-6-13(18-2)11(14)7-9/h3-7,15H,8H2,1-2H3. The lowest BCUT2D eigenvalue weighted by Gasteiger charge is -2.06. The van der Waals surface area contributed by atoms with Gasteiger partial charge in [-0.1, -0.05) is 11.6 Å². The SMILES string of the molecule is CNCc1ccc(-c2ccc(OC)c(Cl)c2)nn1. The average molecular weight is 264 g/mol. The van der Waals surface area contributed by atoms with Crippen LogP contribution in [0.15, 0.2) is 30.3 Å². The van der Waals surface area contributed by atoms with Crippen LogP contribution in [0.25, 0.3) is 11.3 Å². The van der Waals surface area contributed by atoms with E-state index in [0.29, 0.717) is 17.3 Å². The van der Waals surface area contributed by atoms with Gasteiger partial charge in [-0.25, -0.2) is 0 Å². The van der Waals surface area contributed by atoms with Gasteiger partial charge in [0.15, 0.2) is 0 Å². The summed E-state index contributed by atoms with van der Waals surface area (Å²) in [5.74, 6) is 0.653. The molecule has 0 fully saturated rings. The molecule has 0 aliphatic carbocycles. The largest absolute Gasteiger partial charge is 0.495 e. The van der Waals surface area contributed by atoms with Gasteiger partial charge in [-0.3, -0.25) is 0 Å². The number of nitrogens with zero attached hydrogens (tertiary/aromatic N) is 2. The first kappa shape index (κ1) is 12.8. The molecule has 0 bridgehead atoms. The van der Waals surface area contributed by atoms with Crippen LogP contribution in [0.4, 0.5) is 0 Å². The van der Waals surface area contributed by atoms with E-state index in [1.807, 2.05) is 37.4 Å². The fraction of sp³-hybridized carbons (Fsp3) is 0.231. The summed E-state index contributed by atoms with van der Waals surface area (Å²) in [4.78, 5) is 0. The van der Waals surface area contributed by atoms with Gasteiger partial charge in [0, 0.05) is 12.1 Å². The maximum atomic E-state index is 6.08. The van der Waals surface area contributed by atoms with Crippen LogP contribution < -0.4 is 10.1 Å². The summed E-state index contributed by atoms with van der Waals surface area (Å²) in [5, 5.41) is 11.9. The first-order chi connectivity index (χ1) is 8.74. The lowest BCUT2D eigenvalue weighted by atomic mass is 10.1. The van der Waals surface area contributed by atoms with Crippen molar-refractivity contribution >= 4 is 11.6 Å². The van der Waals surface area contributed by atoms with Gasteiger partial charge in [-0.05, 0) is 37.4 Å². The highest BCUT2D eigenvalue weighted by Gasteiger charge is 2.05. The summed E-state index contributed by atoms with van der Waals surface area (Å²) in [6.45, 7) is 0.705. The third-order valence-electron chi connectivity index (χ3n) is 2.53. The molecule has 0 saturated carbocycles. The van der Waals surface area contributed by atoms with Crippen molar-refractivity contribution in [1.29, 1.82) is 0 Å². The first-order valence-electron chi connectivity index (χ1n) is 5.55. The molecule has 0 unspecified atom stereocenters. The summed E-state index contributed by atoms with van der Waals surface area (Å²) in [7, 11) is 3.46. The Kier molecular flexibility index (Phi) is 4.12. The predicted molar refractivity (Wildman–Crippen MR) is 71.8 cm³/mol. The Bertz CT molecular complexity index is 528. The van der Waals surface area contributed by atoms with Gasteiger partial charge in [0.05, 0.1) is 23.5 Å². The molecule has 0 aliphatic heterocycles. The number of nitrogens with one attached hydrogen (secondary N) is 1. The van der Waals surface area contributed by atoms with Crippen molar-refractivity contribution < 1.29 is 4.74 Å². The van der Waals surface area contributed by atoms with Gasteiger partial charge in [0.25, 0.3) is 0 Å². The number of hydrogen-bond acceptors (Lipinski definition) is 4. The summed E-state index contributed by atoms with van der Waals surface area (Å²) in [6.07, 6.45) is 0. The number of halogens is 1. The third-order valence-corrected chi connectivity index (χ3v) is 2.82. The van der Waals surface area contributed by atoms with Gasteiger partial charge < -0.3 is 10.1 Å². The van der Waals surface area contributed by atoms with Crippen molar-refractivity contribution in [2.24, 2.45) is 0 Å². The second-order valence-corrected chi connectivity index (χ2v) is 4.20. The average Bonchev–Trinajstić information content (AvgIpc) is 2.40. The Morgan fingerprint density at radius 3 is 2.61 bits per heavy atom. The highest BCUT2D eigenvalue weighted by Crippen LogP contribution is 2.28. The van der Waals surface area contributed by atoms with Gasteiger partial charge in [-0.2, -0.15) is 10.2 Å². The number of ether oxygens (including phenoxy) is 1. The minimum absolute atomic E-state index is 0.566. The molecule has 2 rings (SSSR count). The molecule has 0 atom stereocenters. The summed E-state index contributed by atoms with van der Waals surface area (Å²) >= 11 is 6.08. The minimum atomic E-state index is 0.566. The molecular weight excluding hydrogens is 250 g/mol. The molecule has 0 amide bonds. The molecule has 0 aliphatic rings. The normalized spacial score (nSPS) is 10.4. The molecule has 1 N–H and O–H groups in total. The van der Waals surface area contributed by atoms with E-state index >= 15 is 0 Å². The van der Waals surface area contributed by atoms with E-state index in [2.05, 4.69) is 15.5 Å². The molecule has 94 valence electrons. The molecule has 0 radical (unpaired) electrons. The van der Waals surface area contributed by atoms with Gasteiger partial charge in [0.2, 0.25) is 0 Å². The Morgan fingerprint density at radius 2 is 2.06 bits per heavy atom. The topological polar surface area (TPSA) is 47.0 Å². The van der Waals surface area contributed by atoms with E-state index in [4.69, 9.17) is 16.3 Å². The Labute approximate surface area is 111 Å². The maximum Gasteiger partial charge on any atom is 0.137 e. The van der Waals surface area contributed by atoms with E-state index in [0.717, 1.165) is 17.0 Å². The number of rotatable bonds is 4. The zero-order chi connectivity index (χ0) is 13.0. The fourth-order valence-electron chi connectivity index (χ4n) is 1.61. The van der Waals surface area contributed by atoms with Crippen molar-refractivity contribution in [2.75, 3.05) is 14.2 Å². The zero-order valence-corrected chi connectivity index (χ0v) is 11.0. The number of hydrogen-bond donors (Lipinski definition) is 1. The molecule has 5 heteroatoms. The van der Waals surface area contributed by atoms with Crippen molar-refractivity contribution in [3.05, 3.63) is 41.0 Å². The summed E-state index contributed by atoms with van der Waals surface area (Å²) < 4.78 is 5.11. The fourth-order valence-corrected chi connectivity index (χ4v) is 1.87. The van der Waals surface area contributed by atoms with Crippen LogP contribution in [-0.2, 0) is 6.54 Å². The van der Waals surface area contributed by atoms with Gasteiger partial charge in [0.1, 0.15) is 5.75 Å². The number of aromatic nitrogens is 2. The molecular formula is C13H14ClN3O. The van der Waals surface area contributed by atoms with Crippen LogP contribution in [0.1, 0.15) is 5.69 Å².